The van der Waals surface area contributed by atoms with Crippen LogP contribution in [0.25, 0.3) is 0 Å². The van der Waals surface area contributed by atoms with Gasteiger partial charge in [-0.3, -0.25) is 0 Å². The Morgan fingerprint density at radius 2 is 2.00 bits per heavy atom. The molecule has 8 nitrogen and oxygen atoms in total. The quantitative estimate of drug-likeness (QED) is 0.756. The molecule has 0 saturated carbocycles. The van der Waals surface area contributed by atoms with Crippen LogP contribution in [0.4, 0.5) is 0 Å². The number of aliphatic hydroxyl groups is 1. The summed E-state index contributed by atoms with van der Waals surface area (Å²) in [7, 11) is -3.30. The Bertz CT molecular complexity index is 659. The van der Waals surface area contributed by atoms with Gasteiger partial charge in [-0.05, 0) is 27.7 Å². The molecule has 2 unspecified atom stereocenters. The molecule has 1 aromatic rings. The number of aromatic nitrogens is 3. The minimum absolute atomic E-state index is 0.0291. The minimum Gasteiger partial charge on any atom is -0.455 e. The third kappa shape index (κ3) is 3.41. The van der Waals surface area contributed by atoms with Gasteiger partial charge in [-0.1, -0.05) is 5.21 Å². The predicted octanol–water partition coefficient (Wildman–Crippen LogP) is -0.128. The number of aliphatic hydroxyl groups excluding tert-OH is 1. The van der Waals surface area contributed by atoms with E-state index in [0.717, 1.165) is 0 Å². The van der Waals surface area contributed by atoms with Crippen molar-refractivity contribution in [3.8, 4) is 0 Å². The van der Waals surface area contributed by atoms with Gasteiger partial charge in [0, 0.05) is 0 Å². The van der Waals surface area contributed by atoms with E-state index in [1.165, 1.54) is 4.68 Å². The summed E-state index contributed by atoms with van der Waals surface area (Å²) in [6, 6.07) is -0.723. The number of esters is 1. The standard InChI is InChI=1S/C12H19N3O5S/c1-7-10(11(17)20-12(2,3)4)13-14-15(7)8-5-21(18,19)6-9(8)16/h8-9,16H,5-6H2,1-4H3. The molecule has 9 heteroatoms. The molecule has 0 radical (unpaired) electrons. The van der Waals surface area contributed by atoms with Gasteiger partial charge < -0.3 is 9.84 Å². The molecule has 0 spiro atoms. The molecule has 1 N–H and O–H groups in total. The van der Waals surface area contributed by atoms with Gasteiger partial charge in [-0.15, -0.1) is 5.10 Å². The molecule has 1 aromatic heterocycles. The Morgan fingerprint density at radius 1 is 1.38 bits per heavy atom. The number of hydrogen-bond donors (Lipinski definition) is 1. The summed E-state index contributed by atoms with van der Waals surface area (Å²) in [5.74, 6) is -1.15. The fraction of sp³-hybridized carbons (Fsp3) is 0.750. The van der Waals surface area contributed by atoms with Crippen molar-refractivity contribution in [3.05, 3.63) is 11.4 Å². The highest BCUT2D eigenvalue weighted by Gasteiger charge is 2.40. The molecule has 0 amide bonds. The zero-order valence-electron chi connectivity index (χ0n) is 12.4. The minimum atomic E-state index is -3.30. The monoisotopic (exact) mass is 317 g/mol. The van der Waals surface area contributed by atoms with Crippen LogP contribution in [0.15, 0.2) is 0 Å². The number of carbonyl (C=O) groups is 1. The van der Waals surface area contributed by atoms with Gasteiger partial charge in [0.05, 0.1) is 29.3 Å². The van der Waals surface area contributed by atoms with Crippen molar-refractivity contribution in [2.24, 2.45) is 0 Å². The van der Waals surface area contributed by atoms with E-state index in [4.69, 9.17) is 4.74 Å². The van der Waals surface area contributed by atoms with E-state index in [2.05, 4.69) is 10.3 Å². The Morgan fingerprint density at radius 3 is 2.48 bits per heavy atom. The average Bonchev–Trinajstić information content (AvgIpc) is 2.76. The van der Waals surface area contributed by atoms with Gasteiger partial charge in [0.15, 0.2) is 15.5 Å². The van der Waals surface area contributed by atoms with Crippen molar-refractivity contribution in [2.45, 2.75) is 45.4 Å². The van der Waals surface area contributed by atoms with E-state index in [1.807, 2.05) is 0 Å². The van der Waals surface area contributed by atoms with Gasteiger partial charge in [0.2, 0.25) is 0 Å². The molecule has 21 heavy (non-hydrogen) atoms. The average molecular weight is 317 g/mol. The smallest absolute Gasteiger partial charge is 0.361 e. The molecule has 0 bridgehead atoms. The molecule has 1 saturated heterocycles. The van der Waals surface area contributed by atoms with Gasteiger partial charge in [-0.25, -0.2) is 17.9 Å². The zero-order valence-corrected chi connectivity index (χ0v) is 13.2. The summed E-state index contributed by atoms with van der Waals surface area (Å²) < 4.78 is 29.6. The van der Waals surface area contributed by atoms with Gasteiger partial charge >= 0.3 is 5.97 Å². The Hall–Kier alpha value is -1.48. The fourth-order valence-electron chi connectivity index (χ4n) is 2.21. The zero-order chi connectivity index (χ0) is 16.0. The highest BCUT2D eigenvalue weighted by molar-refractivity contribution is 7.91. The van der Waals surface area contributed by atoms with Crippen LogP contribution in [0, 0.1) is 6.92 Å². The highest BCUT2D eigenvalue weighted by atomic mass is 32.2. The van der Waals surface area contributed by atoms with Gasteiger partial charge in [0.25, 0.3) is 0 Å². The van der Waals surface area contributed by atoms with E-state index in [1.54, 1.807) is 27.7 Å². The summed E-state index contributed by atoms with van der Waals surface area (Å²) in [5.41, 5.74) is -0.254. The van der Waals surface area contributed by atoms with E-state index < -0.39 is 33.6 Å². The van der Waals surface area contributed by atoms with E-state index in [0.29, 0.717) is 5.69 Å². The van der Waals surface area contributed by atoms with E-state index >= 15 is 0 Å². The molecule has 118 valence electrons. The normalized spacial score (nSPS) is 25.0. The topological polar surface area (TPSA) is 111 Å². The lowest BCUT2D eigenvalue weighted by molar-refractivity contribution is 0.00616. The van der Waals surface area contributed by atoms with E-state index in [9.17, 15) is 18.3 Å². The second-order valence-electron chi connectivity index (χ2n) is 6.18. The molecule has 2 atom stereocenters. The van der Waals surface area contributed by atoms with Gasteiger partial charge in [-0.2, -0.15) is 0 Å². The van der Waals surface area contributed by atoms with Crippen LogP contribution in [0.3, 0.4) is 0 Å². The maximum Gasteiger partial charge on any atom is 0.361 e. The van der Waals surface area contributed by atoms with Crippen LogP contribution in [0.2, 0.25) is 0 Å². The fourth-order valence-corrected chi connectivity index (χ4v) is 3.98. The molecule has 2 heterocycles. The van der Waals surface area contributed by atoms with Crippen molar-refractivity contribution in [1.82, 2.24) is 15.0 Å². The highest BCUT2D eigenvalue weighted by Crippen LogP contribution is 2.25. The molecular formula is C12H19N3O5S. The maximum absolute atomic E-state index is 12.0. The second kappa shape index (κ2) is 5.06. The van der Waals surface area contributed by atoms with Crippen LogP contribution in [-0.4, -0.2) is 57.7 Å². The number of sulfone groups is 1. The lowest BCUT2D eigenvalue weighted by Crippen LogP contribution is -2.26. The van der Waals surface area contributed by atoms with Crippen LogP contribution in [0.5, 0.6) is 0 Å². The summed E-state index contributed by atoms with van der Waals surface area (Å²) in [4.78, 5) is 12.0. The first-order valence-corrected chi connectivity index (χ1v) is 8.36. The number of carbonyl (C=O) groups excluding carboxylic acids is 1. The molecule has 0 aromatic carbocycles. The first-order chi connectivity index (χ1) is 9.50. The lowest BCUT2D eigenvalue weighted by atomic mass is 10.2. The van der Waals surface area contributed by atoms with Crippen LogP contribution in [-0.2, 0) is 14.6 Å². The first-order valence-electron chi connectivity index (χ1n) is 6.54. The van der Waals surface area contributed by atoms with Crippen molar-refractivity contribution in [1.29, 1.82) is 0 Å². The predicted molar refractivity (Wildman–Crippen MR) is 73.6 cm³/mol. The molecule has 1 aliphatic heterocycles. The Balaban J connectivity index is 2.28. The number of rotatable bonds is 2. The molecular weight excluding hydrogens is 298 g/mol. The lowest BCUT2D eigenvalue weighted by Gasteiger charge is -2.19. The Kier molecular flexibility index (Phi) is 3.83. The molecule has 1 aliphatic rings. The van der Waals surface area contributed by atoms with Gasteiger partial charge in [0.1, 0.15) is 5.60 Å². The van der Waals surface area contributed by atoms with Crippen LogP contribution in [0.1, 0.15) is 43.0 Å². The van der Waals surface area contributed by atoms with Crippen molar-refractivity contribution >= 4 is 15.8 Å². The molecule has 1 fully saturated rings. The number of hydrogen-bond acceptors (Lipinski definition) is 7. The first kappa shape index (κ1) is 15.9. The SMILES string of the molecule is Cc1c(C(=O)OC(C)(C)C)nnn1C1CS(=O)(=O)CC1O. The maximum atomic E-state index is 12.0. The number of nitrogens with zero attached hydrogens (tertiary/aromatic N) is 3. The third-order valence-corrected chi connectivity index (χ3v) is 4.83. The van der Waals surface area contributed by atoms with Crippen molar-refractivity contribution in [3.63, 3.8) is 0 Å². The Labute approximate surface area is 123 Å². The summed E-state index contributed by atoms with van der Waals surface area (Å²) in [5, 5.41) is 17.4. The van der Waals surface area contributed by atoms with Crippen LogP contribution >= 0.6 is 0 Å². The summed E-state index contributed by atoms with van der Waals surface area (Å²) >= 11 is 0. The van der Waals surface area contributed by atoms with E-state index in [-0.39, 0.29) is 17.2 Å². The van der Waals surface area contributed by atoms with Crippen molar-refractivity contribution in [2.75, 3.05) is 11.5 Å². The summed E-state index contributed by atoms with van der Waals surface area (Å²) in [6.45, 7) is 6.80. The third-order valence-electron chi connectivity index (χ3n) is 3.13. The molecule has 0 aliphatic carbocycles. The van der Waals surface area contributed by atoms with Crippen LogP contribution < -0.4 is 0 Å². The largest absolute Gasteiger partial charge is 0.455 e. The molecule has 2 rings (SSSR count). The number of ether oxygens (including phenoxy) is 1. The second-order valence-corrected chi connectivity index (χ2v) is 8.34. The summed E-state index contributed by atoms with van der Waals surface area (Å²) in [6.07, 6.45) is -1.05. The van der Waals surface area contributed by atoms with Crippen molar-refractivity contribution < 1.29 is 23.1 Å².